The number of carbonyl (C=O) groups is 1. The SMILES string of the molecule is CC(C)c1nn(C)c2sc(C(=O)N3CC[C@@]4(CCOC4)C3)cc12. The van der Waals surface area contributed by atoms with E-state index in [1.54, 1.807) is 11.3 Å². The zero-order valence-corrected chi connectivity index (χ0v) is 14.8. The minimum atomic E-state index is 0.171. The first-order chi connectivity index (χ1) is 11.0. The Morgan fingerprint density at radius 1 is 1.43 bits per heavy atom. The van der Waals surface area contributed by atoms with Crippen LogP contribution in [0.3, 0.4) is 0 Å². The highest BCUT2D eigenvalue weighted by molar-refractivity contribution is 7.20. The van der Waals surface area contributed by atoms with Crippen molar-refractivity contribution in [3.63, 3.8) is 0 Å². The van der Waals surface area contributed by atoms with Gasteiger partial charge < -0.3 is 9.64 Å². The molecule has 4 heterocycles. The molecule has 2 aliphatic rings. The molecule has 2 saturated heterocycles. The van der Waals surface area contributed by atoms with Crippen LogP contribution < -0.4 is 0 Å². The summed E-state index contributed by atoms with van der Waals surface area (Å²) in [6.45, 7) is 7.64. The number of rotatable bonds is 2. The summed E-state index contributed by atoms with van der Waals surface area (Å²) in [5, 5.41) is 5.72. The van der Waals surface area contributed by atoms with Gasteiger partial charge in [-0.3, -0.25) is 9.48 Å². The first-order valence-electron chi connectivity index (χ1n) is 8.33. The highest BCUT2D eigenvalue weighted by Crippen LogP contribution is 2.39. The van der Waals surface area contributed by atoms with Gasteiger partial charge in [-0.15, -0.1) is 11.3 Å². The summed E-state index contributed by atoms with van der Waals surface area (Å²) in [5.41, 5.74) is 1.30. The van der Waals surface area contributed by atoms with E-state index in [2.05, 4.69) is 18.9 Å². The molecule has 2 fully saturated rings. The highest BCUT2D eigenvalue weighted by atomic mass is 32.1. The first-order valence-corrected chi connectivity index (χ1v) is 9.14. The number of hydrogen-bond donors (Lipinski definition) is 0. The third kappa shape index (κ3) is 2.39. The minimum Gasteiger partial charge on any atom is -0.381 e. The summed E-state index contributed by atoms with van der Waals surface area (Å²) in [6, 6.07) is 2.04. The molecule has 0 N–H and O–H groups in total. The maximum Gasteiger partial charge on any atom is 0.264 e. The predicted octanol–water partition coefficient (Wildman–Crippen LogP) is 3.01. The minimum absolute atomic E-state index is 0.171. The summed E-state index contributed by atoms with van der Waals surface area (Å²) >= 11 is 1.57. The Kier molecular flexibility index (Phi) is 3.50. The van der Waals surface area contributed by atoms with Crippen LogP contribution in [0, 0.1) is 5.41 Å². The number of aromatic nitrogens is 2. The Bertz CT molecular complexity index is 755. The van der Waals surface area contributed by atoms with Gasteiger partial charge in [0.05, 0.1) is 17.2 Å². The summed E-state index contributed by atoms with van der Waals surface area (Å²) in [4.78, 5) is 16.9. The second-order valence-corrected chi connectivity index (χ2v) is 8.30. The van der Waals surface area contributed by atoms with Gasteiger partial charge in [0.1, 0.15) is 4.83 Å². The predicted molar refractivity (Wildman–Crippen MR) is 91.1 cm³/mol. The van der Waals surface area contributed by atoms with E-state index < -0.39 is 0 Å². The molecule has 6 heteroatoms. The number of likely N-dealkylation sites (tertiary alicyclic amines) is 1. The van der Waals surface area contributed by atoms with Crippen LogP contribution in [0.25, 0.3) is 10.2 Å². The molecule has 124 valence electrons. The molecule has 0 saturated carbocycles. The van der Waals surface area contributed by atoms with Crippen molar-refractivity contribution in [3.05, 3.63) is 16.6 Å². The van der Waals surface area contributed by atoms with Crippen molar-refractivity contribution in [1.82, 2.24) is 14.7 Å². The van der Waals surface area contributed by atoms with Gasteiger partial charge in [0.2, 0.25) is 0 Å². The van der Waals surface area contributed by atoms with Crippen LogP contribution in [0.15, 0.2) is 6.07 Å². The molecule has 0 aromatic carbocycles. The Morgan fingerprint density at radius 2 is 2.26 bits per heavy atom. The van der Waals surface area contributed by atoms with E-state index in [0.29, 0.717) is 5.92 Å². The van der Waals surface area contributed by atoms with Crippen molar-refractivity contribution in [3.8, 4) is 0 Å². The van der Waals surface area contributed by atoms with E-state index in [4.69, 9.17) is 4.74 Å². The van der Waals surface area contributed by atoms with Gasteiger partial charge in [0, 0.05) is 37.5 Å². The number of aryl methyl sites for hydroxylation is 1. The third-order valence-electron chi connectivity index (χ3n) is 5.21. The molecule has 0 aliphatic carbocycles. The summed E-state index contributed by atoms with van der Waals surface area (Å²) in [6.07, 6.45) is 2.16. The number of fused-ring (bicyclic) bond motifs is 1. The van der Waals surface area contributed by atoms with Crippen LogP contribution in [0.5, 0.6) is 0 Å². The van der Waals surface area contributed by atoms with Crippen LogP contribution in [0.4, 0.5) is 0 Å². The molecule has 0 radical (unpaired) electrons. The zero-order chi connectivity index (χ0) is 16.2. The molecular formula is C17H23N3O2S. The normalized spacial score (nSPS) is 24.6. The van der Waals surface area contributed by atoms with Crippen LogP contribution in [-0.2, 0) is 11.8 Å². The fourth-order valence-electron chi connectivity index (χ4n) is 3.83. The lowest BCUT2D eigenvalue weighted by Gasteiger charge is -2.21. The van der Waals surface area contributed by atoms with Gasteiger partial charge in [0.25, 0.3) is 5.91 Å². The molecule has 4 rings (SSSR count). The lowest BCUT2D eigenvalue weighted by atomic mass is 9.87. The zero-order valence-electron chi connectivity index (χ0n) is 14.0. The smallest absolute Gasteiger partial charge is 0.264 e. The second-order valence-electron chi connectivity index (χ2n) is 7.27. The summed E-state index contributed by atoms with van der Waals surface area (Å²) in [5.74, 6) is 0.534. The van der Waals surface area contributed by atoms with Crippen LogP contribution >= 0.6 is 11.3 Å². The summed E-state index contributed by atoms with van der Waals surface area (Å²) < 4.78 is 7.47. The molecule has 1 amide bonds. The van der Waals surface area contributed by atoms with Gasteiger partial charge in [-0.25, -0.2) is 0 Å². The quantitative estimate of drug-likeness (QED) is 0.849. The maximum absolute atomic E-state index is 12.9. The topological polar surface area (TPSA) is 47.4 Å². The van der Waals surface area contributed by atoms with E-state index in [-0.39, 0.29) is 11.3 Å². The Hall–Kier alpha value is -1.40. The largest absolute Gasteiger partial charge is 0.381 e. The molecule has 2 aromatic rings. The maximum atomic E-state index is 12.9. The van der Waals surface area contributed by atoms with E-state index in [1.165, 1.54) is 0 Å². The van der Waals surface area contributed by atoms with Gasteiger partial charge in [-0.2, -0.15) is 5.10 Å². The molecule has 23 heavy (non-hydrogen) atoms. The molecule has 1 atom stereocenters. The Labute approximate surface area is 140 Å². The average molecular weight is 333 g/mol. The van der Waals surface area contributed by atoms with Crippen molar-refractivity contribution >= 4 is 27.5 Å². The molecule has 2 aliphatic heterocycles. The van der Waals surface area contributed by atoms with Crippen molar-refractivity contribution in [1.29, 1.82) is 0 Å². The van der Waals surface area contributed by atoms with Crippen LogP contribution in [0.1, 0.15) is 48.0 Å². The monoisotopic (exact) mass is 333 g/mol. The van der Waals surface area contributed by atoms with E-state index in [1.807, 2.05) is 22.7 Å². The van der Waals surface area contributed by atoms with Crippen molar-refractivity contribution in [2.24, 2.45) is 12.5 Å². The van der Waals surface area contributed by atoms with Gasteiger partial charge >= 0.3 is 0 Å². The number of amides is 1. The molecule has 0 bridgehead atoms. The van der Waals surface area contributed by atoms with Crippen molar-refractivity contribution in [2.75, 3.05) is 26.3 Å². The first kappa shape index (κ1) is 15.1. The van der Waals surface area contributed by atoms with E-state index in [0.717, 1.165) is 59.9 Å². The standard InChI is InChI=1S/C17H23N3O2S/c1-11(2)14-12-8-13(23-16(12)19(3)18-14)15(21)20-6-4-17(9-20)5-7-22-10-17/h8,11H,4-7,9-10H2,1-3H3/t17-/m1/s1. The molecule has 2 aromatic heterocycles. The fourth-order valence-corrected chi connectivity index (χ4v) is 4.88. The lowest BCUT2D eigenvalue weighted by Crippen LogP contribution is -2.32. The van der Waals surface area contributed by atoms with E-state index in [9.17, 15) is 4.79 Å². The Morgan fingerprint density at radius 3 is 2.96 bits per heavy atom. The third-order valence-corrected chi connectivity index (χ3v) is 6.40. The van der Waals surface area contributed by atoms with Crippen molar-refractivity contribution < 1.29 is 9.53 Å². The van der Waals surface area contributed by atoms with Gasteiger partial charge in [-0.1, -0.05) is 13.8 Å². The number of thiophene rings is 1. The molecular weight excluding hydrogens is 310 g/mol. The van der Waals surface area contributed by atoms with Gasteiger partial charge in [0.15, 0.2) is 0 Å². The number of nitrogens with zero attached hydrogens (tertiary/aromatic N) is 3. The Balaban J connectivity index is 1.62. The second kappa shape index (κ2) is 5.31. The van der Waals surface area contributed by atoms with Crippen molar-refractivity contribution in [2.45, 2.75) is 32.6 Å². The molecule has 0 unspecified atom stereocenters. The number of ether oxygens (including phenoxy) is 1. The van der Waals surface area contributed by atoms with Gasteiger partial charge in [-0.05, 0) is 24.8 Å². The molecule has 5 nitrogen and oxygen atoms in total. The highest BCUT2D eigenvalue weighted by Gasteiger charge is 2.43. The van der Waals surface area contributed by atoms with E-state index >= 15 is 0 Å². The van der Waals surface area contributed by atoms with Crippen LogP contribution in [0.2, 0.25) is 0 Å². The fraction of sp³-hybridized carbons (Fsp3) is 0.647. The summed E-state index contributed by atoms with van der Waals surface area (Å²) in [7, 11) is 1.96. The number of carbonyl (C=O) groups excluding carboxylic acids is 1. The molecule has 1 spiro atoms. The lowest BCUT2D eigenvalue weighted by molar-refractivity contribution is 0.0770. The van der Waals surface area contributed by atoms with Crippen LogP contribution in [-0.4, -0.2) is 46.9 Å². The average Bonchev–Trinajstić information content (AvgIpc) is 3.26. The number of hydrogen-bond acceptors (Lipinski definition) is 4.